The Balaban J connectivity index is 2.88. The number of rotatable bonds is 2. The molecule has 12 heavy (non-hydrogen) atoms. The van der Waals surface area contributed by atoms with Crippen LogP contribution in [0.15, 0.2) is 4.52 Å². The molecule has 1 aromatic rings. The normalized spacial score (nSPS) is 12.1. The van der Waals surface area contributed by atoms with Crippen molar-refractivity contribution < 1.29 is 4.52 Å². The summed E-state index contributed by atoms with van der Waals surface area (Å²) in [7, 11) is 0. The van der Waals surface area contributed by atoms with Crippen molar-refractivity contribution in [1.29, 1.82) is 0 Å². The van der Waals surface area contributed by atoms with Crippen molar-refractivity contribution >= 4 is 0 Å². The summed E-state index contributed by atoms with van der Waals surface area (Å²) < 4.78 is 5.04. The van der Waals surface area contributed by atoms with Gasteiger partial charge in [0.1, 0.15) is 5.76 Å². The molecule has 0 unspecified atom stereocenters. The van der Waals surface area contributed by atoms with Crippen LogP contribution in [0.25, 0.3) is 0 Å². The maximum absolute atomic E-state index is 5.90. The molecule has 3 heteroatoms. The molecule has 0 radical (unpaired) electrons. The van der Waals surface area contributed by atoms with Crippen molar-refractivity contribution in [2.75, 3.05) is 0 Å². The van der Waals surface area contributed by atoms with Gasteiger partial charge in [0.05, 0.1) is 5.69 Å². The highest BCUT2D eigenvalue weighted by atomic mass is 16.5. The molecule has 3 nitrogen and oxygen atoms in total. The van der Waals surface area contributed by atoms with E-state index in [-0.39, 0.29) is 5.54 Å². The lowest BCUT2D eigenvalue weighted by Gasteiger charge is -2.17. The fourth-order valence-corrected chi connectivity index (χ4v) is 1.21. The second kappa shape index (κ2) is 2.90. The standard InChI is InChI=1S/C9H16N2O/c1-6-8(5-9(3,4)10)7(2)12-11-6/h5,10H2,1-4H3. The minimum atomic E-state index is -0.193. The van der Waals surface area contributed by atoms with E-state index >= 15 is 0 Å². The zero-order valence-corrected chi connectivity index (χ0v) is 8.14. The first-order chi connectivity index (χ1) is 5.40. The summed E-state index contributed by atoms with van der Waals surface area (Å²) in [5, 5.41) is 3.87. The minimum Gasteiger partial charge on any atom is -0.361 e. The second-order valence-corrected chi connectivity index (χ2v) is 3.97. The molecule has 0 saturated carbocycles. The van der Waals surface area contributed by atoms with Crippen LogP contribution in [0.4, 0.5) is 0 Å². The van der Waals surface area contributed by atoms with Crippen LogP contribution in [0.2, 0.25) is 0 Å². The fourth-order valence-electron chi connectivity index (χ4n) is 1.21. The maximum Gasteiger partial charge on any atom is 0.137 e. The fraction of sp³-hybridized carbons (Fsp3) is 0.667. The summed E-state index contributed by atoms with van der Waals surface area (Å²) in [6.07, 6.45) is 0.814. The molecule has 1 aromatic heterocycles. The van der Waals surface area contributed by atoms with E-state index in [4.69, 9.17) is 10.3 Å². The Labute approximate surface area is 72.9 Å². The van der Waals surface area contributed by atoms with Crippen LogP contribution in [0.1, 0.15) is 30.9 Å². The average molecular weight is 168 g/mol. The summed E-state index contributed by atoms with van der Waals surface area (Å²) in [6, 6.07) is 0. The Kier molecular flexibility index (Phi) is 2.24. The Morgan fingerprint density at radius 2 is 2.00 bits per heavy atom. The molecule has 0 spiro atoms. The molecule has 0 fully saturated rings. The maximum atomic E-state index is 5.90. The number of nitrogens with two attached hydrogens (primary N) is 1. The molecule has 1 rings (SSSR count). The van der Waals surface area contributed by atoms with Crippen molar-refractivity contribution in [3.8, 4) is 0 Å². The first-order valence-electron chi connectivity index (χ1n) is 4.11. The zero-order valence-electron chi connectivity index (χ0n) is 8.14. The zero-order chi connectivity index (χ0) is 9.35. The van der Waals surface area contributed by atoms with E-state index in [0.717, 1.165) is 23.4 Å². The molecular formula is C9H16N2O. The van der Waals surface area contributed by atoms with Gasteiger partial charge in [0.2, 0.25) is 0 Å². The summed E-state index contributed by atoms with van der Waals surface area (Å²) in [5.74, 6) is 0.881. The van der Waals surface area contributed by atoms with Crippen LogP contribution in [0.3, 0.4) is 0 Å². The van der Waals surface area contributed by atoms with Crippen LogP contribution < -0.4 is 5.73 Å². The van der Waals surface area contributed by atoms with Crippen molar-refractivity contribution in [3.63, 3.8) is 0 Å². The van der Waals surface area contributed by atoms with Crippen molar-refractivity contribution in [2.45, 2.75) is 39.7 Å². The molecule has 0 atom stereocenters. The van der Waals surface area contributed by atoms with Gasteiger partial charge in [-0.15, -0.1) is 0 Å². The average Bonchev–Trinajstić information content (AvgIpc) is 2.16. The van der Waals surface area contributed by atoms with E-state index in [1.54, 1.807) is 0 Å². The summed E-state index contributed by atoms with van der Waals surface area (Å²) in [6.45, 7) is 7.86. The lowest BCUT2D eigenvalue weighted by atomic mass is 9.95. The largest absolute Gasteiger partial charge is 0.361 e. The van der Waals surface area contributed by atoms with E-state index < -0.39 is 0 Å². The smallest absolute Gasteiger partial charge is 0.137 e. The van der Waals surface area contributed by atoms with Crippen LogP contribution in [-0.4, -0.2) is 10.7 Å². The van der Waals surface area contributed by atoms with Crippen molar-refractivity contribution in [1.82, 2.24) is 5.16 Å². The van der Waals surface area contributed by atoms with Gasteiger partial charge in [-0.05, 0) is 34.1 Å². The lowest BCUT2D eigenvalue weighted by molar-refractivity contribution is 0.390. The third kappa shape index (κ3) is 2.08. The predicted octanol–water partition coefficient (Wildman–Crippen LogP) is 1.57. The SMILES string of the molecule is Cc1noc(C)c1CC(C)(C)N. The highest BCUT2D eigenvalue weighted by molar-refractivity contribution is 5.22. The Bertz CT molecular complexity index is 251. The van der Waals surface area contributed by atoms with Gasteiger partial charge in [-0.25, -0.2) is 0 Å². The Morgan fingerprint density at radius 1 is 1.42 bits per heavy atom. The monoisotopic (exact) mass is 168 g/mol. The third-order valence-corrected chi connectivity index (χ3v) is 1.81. The lowest BCUT2D eigenvalue weighted by Crippen LogP contribution is -2.34. The minimum absolute atomic E-state index is 0.193. The van der Waals surface area contributed by atoms with Gasteiger partial charge in [0, 0.05) is 11.1 Å². The number of aryl methyl sites for hydroxylation is 2. The summed E-state index contributed by atoms with van der Waals surface area (Å²) in [4.78, 5) is 0. The van der Waals surface area contributed by atoms with E-state index in [2.05, 4.69) is 5.16 Å². The van der Waals surface area contributed by atoms with Crippen molar-refractivity contribution in [3.05, 3.63) is 17.0 Å². The summed E-state index contributed by atoms with van der Waals surface area (Å²) in [5.41, 5.74) is 7.79. The molecule has 0 aromatic carbocycles. The molecule has 0 saturated heterocycles. The molecule has 0 bridgehead atoms. The molecule has 1 heterocycles. The first kappa shape index (κ1) is 9.26. The number of hydrogen-bond acceptors (Lipinski definition) is 3. The topological polar surface area (TPSA) is 52.0 Å². The van der Waals surface area contributed by atoms with Gasteiger partial charge >= 0.3 is 0 Å². The quantitative estimate of drug-likeness (QED) is 0.729. The van der Waals surface area contributed by atoms with Gasteiger partial charge in [-0.3, -0.25) is 0 Å². The van der Waals surface area contributed by atoms with Gasteiger partial charge in [0.15, 0.2) is 0 Å². The molecule has 0 aliphatic rings. The molecular weight excluding hydrogens is 152 g/mol. The third-order valence-electron chi connectivity index (χ3n) is 1.81. The van der Waals surface area contributed by atoms with E-state index in [1.165, 1.54) is 0 Å². The first-order valence-corrected chi connectivity index (χ1v) is 4.11. The highest BCUT2D eigenvalue weighted by Crippen LogP contribution is 2.17. The van der Waals surface area contributed by atoms with Gasteiger partial charge in [-0.2, -0.15) is 0 Å². The van der Waals surface area contributed by atoms with Gasteiger partial charge in [0.25, 0.3) is 0 Å². The molecule has 68 valence electrons. The van der Waals surface area contributed by atoms with Gasteiger partial charge < -0.3 is 10.3 Å². The number of hydrogen-bond donors (Lipinski definition) is 1. The second-order valence-electron chi connectivity index (χ2n) is 3.97. The molecule has 2 N–H and O–H groups in total. The van der Waals surface area contributed by atoms with Crippen LogP contribution in [0, 0.1) is 13.8 Å². The molecule has 0 aliphatic carbocycles. The van der Waals surface area contributed by atoms with E-state index in [9.17, 15) is 0 Å². The number of nitrogens with zero attached hydrogens (tertiary/aromatic N) is 1. The Morgan fingerprint density at radius 3 is 2.33 bits per heavy atom. The van der Waals surface area contributed by atoms with E-state index in [1.807, 2.05) is 27.7 Å². The van der Waals surface area contributed by atoms with E-state index in [0.29, 0.717) is 0 Å². The van der Waals surface area contributed by atoms with Crippen LogP contribution in [-0.2, 0) is 6.42 Å². The van der Waals surface area contributed by atoms with Crippen molar-refractivity contribution in [2.24, 2.45) is 5.73 Å². The van der Waals surface area contributed by atoms with Crippen LogP contribution in [0.5, 0.6) is 0 Å². The van der Waals surface area contributed by atoms with Gasteiger partial charge in [-0.1, -0.05) is 5.16 Å². The Hall–Kier alpha value is -0.830. The van der Waals surface area contributed by atoms with Crippen LogP contribution >= 0.6 is 0 Å². The molecule has 0 aliphatic heterocycles. The molecule has 0 amide bonds. The summed E-state index contributed by atoms with van der Waals surface area (Å²) >= 11 is 0. The number of aromatic nitrogens is 1. The predicted molar refractivity (Wildman–Crippen MR) is 47.9 cm³/mol. The highest BCUT2D eigenvalue weighted by Gasteiger charge is 2.17.